The predicted molar refractivity (Wildman–Crippen MR) is 109 cm³/mol. The lowest BCUT2D eigenvalue weighted by atomic mass is 9.94. The van der Waals surface area contributed by atoms with Crippen LogP contribution in [0.4, 0.5) is 4.39 Å². The maximum absolute atomic E-state index is 13.6. The summed E-state index contributed by atoms with van der Waals surface area (Å²) in [6.07, 6.45) is 3.32. The normalized spacial score (nSPS) is 18.7. The van der Waals surface area contributed by atoms with Gasteiger partial charge in [-0.25, -0.2) is 14.2 Å². The summed E-state index contributed by atoms with van der Waals surface area (Å²) < 4.78 is 24.0. The van der Waals surface area contributed by atoms with E-state index in [1.807, 2.05) is 10.3 Å². The summed E-state index contributed by atoms with van der Waals surface area (Å²) in [6.45, 7) is 1.18. The topological polar surface area (TPSA) is 64.0 Å². The highest BCUT2D eigenvalue weighted by Gasteiger charge is 2.39. The monoisotopic (exact) mass is 435 g/mol. The number of amidine groups is 1. The van der Waals surface area contributed by atoms with Gasteiger partial charge >= 0.3 is 5.97 Å². The lowest BCUT2D eigenvalue weighted by Crippen LogP contribution is -2.35. The fourth-order valence-corrected chi connectivity index (χ4v) is 4.49. The third kappa shape index (κ3) is 3.92. The second-order valence-electron chi connectivity index (χ2n) is 6.60. The number of rotatable bonds is 6. The summed E-state index contributed by atoms with van der Waals surface area (Å²) in [5.41, 5.74) is 1.85. The smallest absolute Gasteiger partial charge is 0.338 e. The van der Waals surface area contributed by atoms with Gasteiger partial charge in [-0.3, -0.25) is 4.99 Å². The molecule has 0 amide bonds. The van der Waals surface area contributed by atoms with E-state index in [-0.39, 0.29) is 11.6 Å². The van der Waals surface area contributed by atoms with Gasteiger partial charge in [-0.05, 0) is 25.0 Å². The Hall–Kier alpha value is -2.29. The highest BCUT2D eigenvalue weighted by Crippen LogP contribution is 2.42. The Balaban J connectivity index is 1.81. The quantitative estimate of drug-likeness (QED) is 0.507. The van der Waals surface area contributed by atoms with E-state index in [9.17, 15) is 9.18 Å². The number of thiazole rings is 1. The van der Waals surface area contributed by atoms with Gasteiger partial charge in [0, 0.05) is 41.5 Å². The van der Waals surface area contributed by atoms with Crippen LogP contribution in [0.15, 0.2) is 46.0 Å². The van der Waals surface area contributed by atoms with E-state index in [1.165, 1.54) is 23.5 Å². The van der Waals surface area contributed by atoms with Gasteiger partial charge in [-0.15, -0.1) is 11.3 Å². The average Bonchev–Trinajstić information content (AvgIpc) is 3.39. The second kappa shape index (κ2) is 8.61. The summed E-state index contributed by atoms with van der Waals surface area (Å²) in [5, 5.41) is 2.86. The van der Waals surface area contributed by atoms with Crippen LogP contribution in [-0.2, 0) is 14.3 Å². The number of esters is 1. The highest BCUT2D eigenvalue weighted by molar-refractivity contribution is 7.11. The molecule has 29 heavy (non-hydrogen) atoms. The molecule has 1 saturated heterocycles. The molecule has 3 heterocycles. The Kier molecular flexibility index (Phi) is 5.94. The van der Waals surface area contributed by atoms with Gasteiger partial charge in [0.15, 0.2) is 10.8 Å². The molecule has 1 atom stereocenters. The Morgan fingerprint density at radius 3 is 3.00 bits per heavy atom. The van der Waals surface area contributed by atoms with Crippen LogP contribution < -0.4 is 0 Å². The zero-order valence-corrected chi connectivity index (χ0v) is 17.3. The van der Waals surface area contributed by atoms with E-state index in [0.717, 1.165) is 23.7 Å². The number of hydrogen-bond acceptors (Lipinski definition) is 7. The van der Waals surface area contributed by atoms with Crippen molar-refractivity contribution in [2.24, 2.45) is 4.99 Å². The number of carbonyl (C=O) groups excluding carboxylic acids is 1. The SMILES string of the molecule is COCCOC(=O)C1=C2CCCN2C(c2nccs2)=NC1c1ccc(F)cc1Cl. The van der Waals surface area contributed by atoms with Crippen molar-refractivity contribution < 1.29 is 18.7 Å². The van der Waals surface area contributed by atoms with Gasteiger partial charge in [0.2, 0.25) is 0 Å². The number of ether oxygens (including phenoxy) is 2. The van der Waals surface area contributed by atoms with Crippen LogP contribution in [-0.4, -0.2) is 48.6 Å². The number of aromatic nitrogens is 1. The molecule has 0 saturated carbocycles. The van der Waals surface area contributed by atoms with E-state index in [0.29, 0.717) is 30.0 Å². The van der Waals surface area contributed by atoms with Crippen LogP contribution in [0.1, 0.15) is 29.5 Å². The standard InChI is InChI=1S/C20H19ClFN3O3S/c1-27-8-9-28-20(26)16-15-3-2-7-25(15)18(19-23-6-10-29-19)24-17(16)13-5-4-12(22)11-14(13)21/h4-6,10-11,17H,2-3,7-9H2,1H3. The van der Waals surface area contributed by atoms with Crippen molar-refractivity contribution in [2.45, 2.75) is 18.9 Å². The number of carbonyl (C=O) groups is 1. The van der Waals surface area contributed by atoms with E-state index >= 15 is 0 Å². The van der Waals surface area contributed by atoms with Crippen LogP contribution in [0.25, 0.3) is 0 Å². The lowest BCUT2D eigenvalue weighted by Gasteiger charge is -2.31. The van der Waals surface area contributed by atoms with Crippen LogP contribution in [0.2, 0.25) is 5.02 Å². The number of allylic oxidation sites excluding steroid dienone is 1. The van der Waals surface area contributed by atoms with E-state index in [2.05, 4.69) is 4.98 Å². The summed E-state index contributed by atoms with van der Waals surface area (Å²) in [5.74, 6) is -0.208. The molecule has 1 fully saturated rings. The minimum atomic E-state index is -0.693. The number of hydrogen-bond donors (Lipinski definition) is 0. The Bertz CT molecular complexity index is 977. The van der Waals surface area contributed by atoms with Crippen molar-refractivity contribution in [1.29, 1.82) is 0 Å². The molecule has 4 rings (SSSR count). The van der Waals surface area contributed by atoms with Crippen molar-refractivity contribution >= 4 is 34.7 Å². The number of benzene rings is 1. The van der Waals surface area contributed by atoms with E-state index in [1.54, 1.807) is 19.4 Å². The van der Waals surface area contributed by atoms with Crippen LogP contribution in [0.3, 0.4) is 0 Å². The van der Waals surface area contributed by atoms with Crippen molar-refractivity contribution in [3.8, 4) is 0 Å². The second-order valence-corrected chi connectivity index (χ2v) is 7.90. The molecular formula is C20H19ClFN3O3S. The maximum atomic E-state index is 13.6. The van der Waals surface area contributed by atoms with E-state index < -0.39 is 17.8 Å². The van der Waals surface area contributed by atoms with Crippen molar-refractivity contribution in [1.82, 2.24) is 9.88 Å². The number of halogens is 2. The summed E-state index contributed by atoms with van der Waals surface area (Å²) in [6, 6.07) is 3.43. The first-order chi connectivity index (χ1) is 14.1. The molecule has 9 heteroatoms. The first-order valence-electron chi connectivity index (χ1n) is 9.19. The summed E-state index contributed by atoms with van der Waals surface area (Å²) in [4.78, 5) is 24.3. The third-order valence-corrected chi connectivity index (χ3v) is 5.93. The Morgan fingerprint density at radius 1 is 1.41 bits per heavy atom. The largest absolute Gasteiger partial charge is 0.460 e. The Labute approximate surface area is 176 Å². The van der Waals surface area contributed by atoms with Gasteiger partial charge in [-0.1, -0.05) is 17.7 Å². The molecule has 2 aliphatic heterocycles. The molecule has 6 nitrogen and oxygen atoms in total. The van der Waals surface area contributed by atoms with Crippen LogP contribution in [0.5, 0.6) is 0 Å². The Morgan fingerprint density at radius 2 is 2.28 bits per heavy atom. The number of fused-ring (bicyclic) bond motifs is 1. The van der Waals surface area contributed by atoms with Crippen LogP contribution >= 0.6 is 22.9 Å². The summed E-state index contributed by atoms with van der Waals surface area (Å²) >= 11 is 7.82. The molecule has 0 N–H and O–H groups in total. The molecular weight excluding hydrogens is 417 g/mol. The van der Waals surface area contributed by atoms with Crippen molar-refractivity contribution in [3.63, 3.8) is 0 Å². The number of aliphatic imine (C=N–C) groups is 1. The molecule has 0 spiro atoms. The zero-order valence-electron chi connectivity index (χ0n) is 15.7. The third-order valence-electron chi connectivity index (χ3n) is 4.83. The predicted octanol–water partition coefficient (Wildman–Crippen LogP) is 3.98. The molecule has 0 radical (unpaired) electrons. The molecule has 0 aliphatic carbocycles. The molecule has 1 unspecified atom stereocenters. The maximum Gasteiger partial charge on any atom is 0.338 e. The highest BCUT2D eigenvalue weighted by atomic mass is 35.5. The van der Waals surface area contributed by atoms with Gasteiger partial charge in [-0.2, -0.15) is 0 Å². The molecule has 0 bridgehead atoms. The van der Waals surface area contributed by atoms with Gasteiger partial charge < -0.3 is 14.4 Å². The van der Waals surface area contributed by atoms with Crippen molar-refractivity contribution in [2.75, 3.05) is 26.9 Å². The first-order valence-corrected chi connectivity index (χ1v) is 10.4. The minimum Gasteiger partial charge on any atom is -0.460 e. The summed E-state index contributed by atoms with van der Waals surface area (Å²) in [7, 11) is 1.54. The fourth-order valence-electron chi connectivity index (χ4n) is 3.58. The lowest BCUT2D eigenvalue weighted by molar-refractivity contribution is -0.140. The van der Waals surface area contributed by atoms with Crippen LogP contribution in [0, 0.1) is 5.82 Å². The zero-order chi connectivity index (χ0) is 20.4. The number of methoxy groups -OCH3 is 1. The average molecular weight is 436 g/mol. The van der Waals surface area contributed by atoms with Gasteiger partial charge in [0.25, 0.3) is 0 Å². The fraction of sp³-hybridized carbons (Fsp3) is 0.350. The van der Waals surface area contributed by atoms with Crippen molar-refractivity contribution in [3.05, 3.63) is 62.5 Å². The molecule has 2 aromatic rings. The molecule has 1 aromatic carbocycles. The van der Waals surface area contributed by atoms with Gasteiger partial charge in [0.1, 0.15) is 18.5 Å². The number of nitrogens with zero attached hydrogens (tertiary/aromatic N) is 3. The molecule has 1 aromatic heterocycles. The molecule has 2 aliphatic rings. The van der Waals surface area contributed by atoms with E-state index in [4.69, 9.17) is 26.1 Å². The first kappa shape index (κ1) is 20.0. The van der Waals surface area contributed by atoms with Gasteiger partial charge in [0.05, 0.1) is 12.2 Å². The minimum absolute atomic E-state index is 0.138. The molecule has 152 valence electrons.